The topological polar surface area (TPSA) is 59.4 Å². The van der Waals surface area contributed by atoms with Crippen LogP contribution in [-0.4, -0.2) is 16.1 Å². The summed E-state index contributed by atoms with van der Waals surface area (Å²) in [6.45, 7) is 0. The monoisotopic (exact) mass is 311 g/mol. The number of nitrogens with zero attached hydrogens (tertiary/aromatic N) is 1. The Bertz CT molecular complexity index is 586. The number of aromatic nitrogens is 1. The molecule has 0 atom stereocenters. The van der Waals surface area contributed by atoms with E-state index in [1.807, 2.05) is 0 Å². The van der Waals surface area contributed by atoms with Gasteiger partial charge in [-0.1, -0.05) is 0 Å². The number of hydrogen-bond acceptors (Lipinski definition) is 3. The minimum Gasteiger partial charge on any atom is -0.478 e. The lowest BCUT2D eigenvalue weighted by molar-refractivity contribution is 0.0696. The largest absolute Gasteiger partial charge is 0.478 e. The zero-order valence-corrected chi connectivity index (χ0v) is 10.5. The number of pyridine rings is 1. The predicted octanol–water partition coefficient (Wildman–Crippen LogP) is 3.47. The van der Waals surface area contributed by atoms with Crippen LogP contribution in [0.15, 0.2) is 41.0 Å². The van der Waals surface area contributed by atoms with Gasteiger partial charge in [-0.2, -0.15) is 0 Å². The van der Waals surface area contributed by atoms with Gasteiger partial charge in [0.2, 0.25) is 5.88 Å². The highest BCUT2D eigenvalue weighted by atomic mass is 79.9. The number of rotatable bonds is 3. The number of benzene rings is 1. The van der Waals surface area contributed by atoms with Gasteiger partial charge in [0.25, 0.3) is 0 Å². The van der Waals surface area contributed by atoms with E-state index in [1.54, 1.807) is 0 Å². The molecule has 0 amide bonds. The molecule has 0 unspecified atom stereocenters. The van der Waals surface area contributed by atoms with Crippen LogP contribution in [0.1, 0.15) is 10.4 Å². The highest BCUT2D eigenvalue weighted by Crippen LogP contribution is 2.29. The van der Waals surface area contributed by atoms with Crippen LogP contribution in [0.2, 0.25) is 0 Å². The summed E-state index contributed by atoms with van der Waals surface area (Å²) in [6.07, 6.45) is 1.19. The molecule has 0 saturated heterocycles. The third-order valence-corrected chi connectivity index (χ3v) is 2.71. The average molecular weight is 312 g/mol. The van der Waals surface area contributed by atoms with E-state index in [2.05, 4.69) is 20.9 Å². The molecule has 2 aromatic rings. The van der Waals surface area contributed by atoms with E-state index >= 15 is 0 Å². The fraction of sp³-hybridized carbons (Fsp3) is 0. The average Bonchev–Trinajstić information content (AvgIpc) is 2.33. The van der Waals surface area contributed by atoms with Crippen molar-refractivity contribution < 1.29 is 19.0 Å². The summed E-state index contributed by atoms with van der Waals surface area (Å²) < 4.78 is 18.7. The van der Waals surface area contributed by atoms with Crippen LogP contribution in [0.4, 0.5) is 4.39 Å². The Hall–Kier alpha value is -1.95. The zero-order chi connectivity index (χ0) is 13.1. The molecule has 0 saturated carbocycles. The molecule has 0 fully saturated rings. The van der Waals surface area contributed by atoms with Gasteiger partial charge in [0.05, 0.1) is 10.0 Å². The highest BCUT2D eigenvalue weighted by molar-refractivity contribution is 9.10. The Kier molecular flexibility index (Phi) is 3.57. The number of carboxylic acids is 1. The van der Waals surface area contributed by atoms with Crippen LogP contribution >= 0.6 is 15.9 Å². The molecule has 2 rings (SSSR count). The lowest BCUT2D eigenvalue weighted by atomic mass is 10.3. The molecule has 0 bridgehead atoms. The molecule has 1 N–H and O–H groups in total. The van der Waals surface area contributed by atoms with Crippen LogP contribution in [0, 0.1) is 5.82 Å². The quantitative estimate of drug-likeness (QED) is 0.943. The summed E-state index contributed by atoms with van der Waals surface area (Å²) in [5.41, 5.74) is 0.0699. The molecule has 4 nitrogen and oxygen atoms in total. The van der Waals surface area contributed by atoms with Gasteiger partial charge in [0.1, 0.15) is 11.6 Å². The maximum absolute atomic E-state index is 12.9. The standard InChI is InChI=1S/C12H7BrFNO3/c13-9-5-8(14)2-3-10(9)18-11-4-1-7(6-15-11)12(16)17/h1-6H,(H,16,17). The van der Waals surface area contributed by atoms with E-state index in [1.165, 1.54) is 36.5 Å². The van der Waals surface area contributed by atoms with Gasteiger partial charge in [0.15, 0.2) is 0 Å². The Morgan fingerprint density at radius 2 is 2.11 bits per heavy atom. The number of carbonyl (C=O) groups is 1. The number of carboxylic acid groups (broad SMARTS) is 1. The smallest absolute Gasteiger partial charge is 0.337 e. The Morgan fingerprint density at radius 3 is 2.67 bits per heavy atom. The van der Waals surface area contributed by atoms with E-state index < -0.39 is 5.97 Å². The molecule has 1 heterocycles. The molecule has 1 aromatic carbocycles. The maximum Gasteiger partial charge on any atom is 0.337 e. The molecule has 0 aliphatic carbocycles. The van der Waals surface area contributed by atoms with E-state index in [9.17, 15) is 9.18 Å². The number of hydrogen-bond donors (Lipinski definition) is 1. The van der Waals surface area contributed by atoms with Crippen molar-refractivity contribution in [2.75, 3.05) is 0 Å². The van der Waals surface area contributed by atoms with E-state index in [0.29, 0.717) is 10.2 Å². The molecule has 1 aromatic heterocycles. The second-order valence-electron chi connectivity index (χ2n) is 3.37. The first-order valence-corrected chi connectivity index (χ1v) is 5.68. The zero-order valence-electron chi connectivity index (χ0n) is 8.93. The van der Waals surface area contributed by atoms with E-state index in [-0.39, 0.29) is 17.3 Å². The van der Waals surface area contributed by atoms with Crippen molar-refractivity contribution in [3.8, 4) is 11.6 Å². The molecule has 92 valence electrons. The normalized spacial score (nSPS) is 10.1. The lowest BCUT2D eigenvalue weighted by Crippen LogP contribution is -1.97. The number of ether oxygens (including phenoxy) is 1. The van der Waals surface area contributed by atoms with E-state index in [4.69, 9.17) is 9.84 Å². The first-order valence-electron chi connectivity index (χ1n) is 4.88. The van der Waals surface area contributed by atoms with Crippen molar-refractivity contribution in [1.82, 2.24) is 4.98 Å². The highest BCUT2D eigenvalue weighted by Gasteiger charge is 2.07. The molecular formula is C12H7BrFNO3. The van der Waals surface area contributed by atoms with Crippen LogP contribution in [0.5, 0.6) is 11.6 Å². The fourth-order valence-corrected chi connectivity index (χ4v) is 1.67. The van der Waals surface area contributed by atoms with Gasteiger partial charge < -0.3 is 9.84 Å². The fourth-order valence-electron chi connectivity index (χ4n) is 1.24. The summed E-state index contributed by atoms with van der Waals surface area (Å²) in [7, 11) is 0. The van der Waals surface area contributed by atoms with Gasteiger partial charge in [-0.3, -0.25) is 0 Å². The van der Waals surface area contributed by atoms with Gasteiger partial charge in [0, 0.05) is 12.3 Å². The Labute approximate surface area is 110 Å². The summed E-state index contributed by atoms with van der Waals surface area (Å²) in [5.74, 6) is -0.820. The second-order valence-corrected chi connectivity index (χ2v) is 4.22. The predicted molar refractivity (Wildman–Crippen MR) is 65.4 cm³/mol. The first kappa shape index (κ1) is 12.5. The van der Waals surface area contributed by atoms with Crippen molar-refractivity contribution in [2.24, 2.45) is 0 Å². The molecule has 0 spiro atoms. The summed E-state index contributed by atoms with van der Waals surface area (Å²) in [4.78, 5) is 14.5. The van der Waals surface area contributed by atoms with Gasteiger partial charge in [-0.15, -0.1) is 0 Å². The SMILES string of the molecule is O=C(O)c1ccc(Oc2ccc(F)cc2Br)nc1. The van der Waals surface area contributed by atoms with Gasteiger partial charge in [-0.05, 0) is 40.2 Å². The second kappa shape index (κ2) is 5.14. The summed E-state index contributed by atoms with van der Waals surface area (Å²) >= 11 is 3.16. The maximum atomic E-state index is 12.9. The van der Waals surface area contributed by atoms with Crippen LogP contribution in [-0.2, 0) is 0 Å². The first-order chi connectivity index (χ1) is 8.56. The molecule has 18 heavy (non-hydrogen) atoms. The third kappa shape index (κ3) is 2.84. The Morgan fingerprint density at radius 1 is 1.33 bits per heavy atom. The summed E-state index contributed by atoms with van der Waals surface area (Å²) in [6, 6.07) is 6.78. The molecule has 0 aliphatic rings. The van der Waals surface area contributed by atoms with Crippen molar-refractivity contribution >= 4 is 21.9 Å². The minimum atomic E-state index is -1.06. The lowest BCUT2D eigenvalue weighted by Gasteiger charge is -2.06. The van der Waals surface area contributed by atoms with Gasteiger partial charge >= 0.3 is 5.97 Å². The number of halogens is 2. The van der Waals surface area contributed by atoms with Crippen LogP contribution in [0.25, 0.3) is 0 Å². The van der Waals surface area contributed by atoms with Crippen molar-refractivity contribution in [3.05, 3.63) is 52.4 Å². The van der Waals surface area contributed by atoms with Crippen molar-refractivity contribution in [1.29, 1.82) is 0 Å². The molecule has 6 heteroatoms. The Balaban J connectivity index is 2.21. The molecule has 0 aliphatic heterocycles. The third-order valence-electron chi connectivity index (χ3n) is 2.09. The summed E-state index contributed by atoms with van der Waals surface area (Å²) in [5, 5.41) is 8.71. The minimum absolute atomic E-state index is 0.0699. The molecule has 0 radical (unpaired) electrons. The molecular weight excluding hydrogens is 305 g/mol. The van der Waals surface area contributed by atoms with Gasteiger partial charge in [-0.25, -0.2) is 14.2 Å². The number of aromatic carboxylic acids is 1. The van der Waals surface area contributed by atoms with Crippen molar-refractivity contribution in [2.45, 2.75) is 0 Å². The van der Waals surface area contributed by atoms with E-state index in [0.717, 1.165) is 0 Å². The van der Waals surface area contributed by atoms with Crippen molar-refractivity contribution in [3.63, 3.8) is 0 Å². The van der Waals surface area contributed by atoms with Crippen LogP contribution < -0.4 is 4.74 Å². The van der Waals surface area contributed by atoms with Crippen LogP contribution in [0.3, 0.4) is 0 Å².